The summed E-state index contributed by atoms with van der Waals surface area (Å²) in [6, 6.07) is 5.25. The van der Waals surface area contributed by atoms with Crippen LogP contribution in [-0.2, 0) is 4.74 Å². The molecule has 1 amide bonds. The van der Waals surface area contributed by atoms with Crippen LogP contribution in [0.25, 0.3) is 10.2 Å². The number of nitrogens with zero attached hydrogens (tertiary/aromatic N) is 4. The minimum atomic E-state index is -2.38. The molecule has 29 heavy (non-hydrogen) atoms. The van der Waals surface area contributed by atoms with Gasteiger partial charge in [-0.1, -0.05) is 11.8 Å². The maximum Gasteiger partial charge on any atom is 0.275 e. The number of thiazole rings is 1. The number of carbonyl (C=O) groups excluding carboxylic acids is 1. The number of rotatable bonds is 6. The number of alkyl halides is 2. The van der Waals surface area contributed by atoms with Crippen molar-refractivity contribution in [1.82, 2.24) is 15.0 Å². The Kier molecular flexibility index (Phi) is 6.16. The van der Waals surface area contributed by atoms with E-state index in [0.717, 1.165) is 16.5 Å². The number of hydrogen-bond acceptors (Lipinski definition) is 8. The van der Waals surface area contributed by atoms with Gasteiger partial charge in [-0.05, 0) is 18.2 Å². The molecule has 2 aromatic heterocycles. The van der Waals surface area contributed by atoms with E-state index in [0.29, 0.717) is 47.7 Å². The number of hydrogen-bond donors (Lipinski definition) is 1. The third-order valence-corrected chi connectivity index (χ3v) is 6.32. The maximum absolute atomic E-state index is 12.6. The molecule has 0 spiro atoms. The fraction of sp³-hybridized carbons (Fsp3) is 0.333. The van der Waals surface area contributed by atoms with Gasteiger partial charge in [0.25, 0.3) is 5.91 Å². The van der Waals surface area contributed by atoms with Crippen molar-refractivity contribution in [3.8, 4) is 0 Å². The lowest BCUT2D eigenvalue weighted by Gasteiger charge is -2.27. The zero-order chi connectivity index (χ0) is 20.2. The molecular weight excluding hydrogens is 420 g/mol. The Morgan fingerprint density at radius 2 is 2.10 bits per heavy atom. The third kappa shape index (κ3) is 4.98. The van der Waals surface area contributed by atoms with Crippen molar-refractivity contribution in [2.24, 2.45) is 0 Å². The first-order valence-electron chi connectivity index (χ1n) is 8.86. The monoisotopic (exact) mass is 437 g/mol. The first-order valence-corrected chi connectivity index (χ1v) is 10.7. The van der Waals surface area contributed by atoms with Gasteiger partial charge in [-0.15, -0.1) is 11.3 Å². The quantitative estimate of drug-likeness (QED) is 0.591. The van der Waals surface area contributed by atoms with Gasteiger partial charge >= 0.3 is 0 Å². The summed E-state index contributed by atoms with van der Waals surface area (Å²) in [7, 11) is 0. The van der Waals surface area contributed by atoms with Crippen molar-refractivity contribution < 1.29 is 18.3 Å². The van der Waals surface area contributed by atoms with Gasteiger partial charge in [0.15, 0.2) is 4.34 Å². The van der Waals surface area contributed by atoms with Crippen LogP contribution in [0.2, 0.25) is 0 Å². The molecule has 1 fully saturated rings. The average molecular weight is 437 g/mol. The van der Waals surface area contributed by atoms with E-state index >= 15 is 0 Å². The van der Waals surface area contributed by atoms with Gasteiger partial charge in [0.05, 0.1) is 41.6 Å². The highest BCUT2D eigenvalue weighted by Crippen LogP contribution is 2.32. The van der Waals surface area contributed by atoms with Crippen LogP contribution in [0.1, 0.15) is 10.5 Å². The largest absolute Gasteiger partial charge is 0.378 e. The first-order chi connectivity index (χ1) is 14.1. The summed E-state index contributed by atoms with van der Waals surface area (Å²) >= 11 is 2.34. The van der Waals surface area contributed by atoms with Gasteiger partial charge in [-0.25, -0.2) is 18.7 Å². The Morgan fingerprint density at radius 1 is 1.28 bits per heavy atom. The number of morpholine rings is 1. The molecular formula is C18H17F2N5O2S2. The molecule has 0 saturated carbocycles. The second-order valence-electron chi connectivity index (χ2n) is 6.18. The Morgan fingerprint density at radius 3 is 2.90 bits per heavy atom. The number of fused-ring (bicyclic) bond motifs is 1. The molecule has 1 aliphatic heterocycles. The van der Waals surface area contributed by atoms with Crippen LogP contribution in [0, 0.1) is 0 Å². The Balaban J connectivity index is 1.47. The molecule has 152 valence electrons. The molecule has 3 heterocycles. The van der Waals surface area contributed by atoms with E-state index in [1.54, 1.807) is 24.4 Å². The molecule has 11 heteroatoms. The van der Waals surface area contributed by atoms with Crippen molar-refractivity contribution in [2.75, 3.05) is 42.3 Å². The third-order valence-electron chi connectivity index (χ3n) is 4.15. The van der Waals surface area contributed by atoms with Gasteiger partial charge in [-0.3, -0.25) is 9.78 Å². The summed E-state index contributed by atoms with van der Waals surface area (Å²) in [5.74, 6) is -0.0231. The molecule has 3 aromatic rings. The Bertz CT molecular complexity index is 1010. The van der Waals surface area contributed by atoms with Gasteiger partial charge in [0.1, 0.15) is 11.5 Å². The molecule has 1 N–H and O–H groups in total. The van der Waals surface area contributed by atoms with E-state index < -0.39 is 6.43 Å². The summed E-state index contributed by atoms with van der Waals surface area (Å²) < 4.78 is 31.5. The highest BCUT2D eigenvalue weighted by molar-refractivity contribution is 8.01. The fourth-order valence-electron chi connectivity index (χ4n) is 2.78. The topological polar surface area (TPSA) is 80.2 Å². The summed E-state index contributed by atoms with van der Waals surface area (Å²) in [6.45, 7) is 2.64. The Hall–Kier alpha value is -2.37. The summed E-state index contributed by atoms with van der Waals surface area (Å²) in [4.78, 5) is 27.5. The van der Waals surface area contributed by atoms with E-state index in [-0.39, 0.29) is 17.4 Å². The number of benzene rings is 1. The SMILES string of the molecule is O=C(Nc1ccc2nc(SCC(F)F)sc2c1)c1cncc(N2CCOCC2)n1. The second kappa shape index (κ2) is 8.97. The van der Waals surface area contributed by atoms with Crippen LogP contribution < -0.4 is 10.2 Å². The zero-order valence-electron chi connectivity index (χ0n) is 15.2. The van der Waals surface area contributed by atoms with Crippen molar-refractivity contribution in [3.05, 3.63) is 36.3 Å². The molecule has 4 rings (SSSR count). The molecule has 0 radical (unpaired) electrons. The standard InChI is InChI=1S/C18H17F2N5O2S2/c19-15(20)10-28-18-24-12-2-1-11(7-14(12)29-18)22-17(26)13-8-21-9-16(23-13)25-3-5-27-6-4-25/h1-2,7-9,15H,3-6,10H2,(H,22,26). The van der Waals surface area contributed by atoms with Gasteiger partial charge < -0.3 is 15.0 Å². The number of carbonyl (C=O) groups is 1. The molecule has 0 bridgehead atoms. The van der Waals surface area contributed by atoms with E-state index in [2.05, 4.69) is 20.3 Å². The summed E-state index contributed by atoms with van der Waals surface area (Å²) in [5, 5.41) is 2.81. The number of aromatic nitrogens is 3. The number of amides is 1. The number of halogens is 2. The predicted octanol–water partition coefficient (Wildman–Crippen LogP) is 3.53. The summed E-state index contributed by atoms with van der Waals surface area (Å²) in [5.41, 5.74) is 1.50. The number of thioether (sulfide) groups is 1. The maximum atomic E-state index is 12.6. The van der Waals surface area contributed by atoms with Crippen LogP contribution in [0.15, 0.2) is 34.9 Å². The molecule has 1 saturated heterocycles. The normalized spacial score (nSPS) is 14.5. The van der Waals surface area contributed by atoms with Crippen molar-refractivity contribution in [1.29, 1.82) is 0 Å². The predicted molar refractivity (Wildman–Crippen MR) is 109 cm³/mol. The van der Waals surface area contributed by atoms with Gasteiger partial charge in [0.2, 0.25) is 6.43 Å². The van der Waals surface area contributed by atoms with E-state index in [1.165, 1.54) is 17.5 Å². The van der Waals surface area contributed by atoms with E-state index in [4.69, 9.17) is 4.74 Å². The molecule has 0 aliphatic carbocycles. The van der Waals surface area contributed by atoms with Crippen molar-refractivity contribution in [2.45, 2.75) is 10.8 Å². The minimum Gasteiger partial charge on any atom is -0.378 e. The minimum absolute atomic E-state index is 0.214. The molecule has 1 aromatic carbocycles. The lowest BCUT2D eigenvalue weighted by atomic mass is 10.3. The van der Waals surface area contributed by atoms with Crippen LogP contribution >= 0.6 is 23.1 Å². The van der Waals surface area contributed by atoms with Crippen molar-refractivity contribution >= 4 is 50.7 Å². The van der Waals surface area contributed by atoms with E-state index in [1.807, 2.05) is 4.90 Å². The zero-order valence-corrected chi connectivity index (χ0v) is 16.8. The molecule has 1 aliphatic rings. The van der Waals surface area contributed by atoms with Crippen LogP contribution in [0.4, 0.5) is 20.3 Å². The van der Waals surface area contributed by atoms with Crippen molar-refractivity contribution in [3.63, 3.8) is 0 Å². The molecule has 0 atom stereocenters. The van der Waals surface area contributed by atoms with Crippen LogP contribution in [0.3, 0.4) is 0 Å². The van der Waals surface area contributed by atoms with Crippen LogP contribution in [-0.4, -0.2) is 59.3 Å². The van der Waals surface area contributed by atoms with Gasteiger partial charge in [-0.2, -0.15) is 0 Å². The highest BCUT2D eigenvalue weighted by atomic mass is 32.2. The van der Waals surface area contributed by atoms with Gasteiger partial charge in [0, 0.05) is 18.8 Å². The highest BCUT2D eigenvalue weighted by Gasteiger charge is 2.16. The second-order valence-corrected chi connectivity index (χ2v) is 8.48. The van der Waals surface area contributed by atoms with E-state index in [9.17, 15) is 13.6 Å². The smallest absolute Gasteiger partial charge is 0.275 e. The fourth-order valence-corrected chi connectivity index (χ4v) is 4.66. The number of nitrogens with one attached hydrogen (secondary N) is 1. The molecule has 7 nitrogen and oxygen atoms in total. The molecule has 0 unspecified atom stereocenters. The number of anilines is 2. The lowest BCUT2D eigenvalue weighted by Crippen LogP contribution is -2.37. The lowest BCUT2D eigenvalue weighted by molar-refractivity contribution is 0.102. The Labute approximate surface area is 173 Å². The average Bonchev–Trinajstić information content (AvgIpc) is 3.15. The number of ether oxygens (including phenoxy) is 1. The summed E-state index contributed by atoms with van der Waals surface area (Å²) in [6.07, 6.45) is 0.671. The van der Waals surface area contributed by atoms with Crippen LogP contribution in [0.5, 0.6) is 0 Å². The first kappa shape index (κ1) is 19.9.